The number of aromatic nitrogens is 2. The van der Waals surface area contributed by atoms with Gasteiger partial charge in [-0.25, -0.2) is 0 Å². The standard InChI is InChI=1S/2C21H19N2.Ni/c2*1-16-9-8-10-17(2)21(16)23-20(18-11-4-3-5-12-18)15-19-13-6-7-14-22-19;/h2*3-15H,1-2H3;/q2*-1;+2/b2*20-15-;. The molecule has 0 saturated carbocycles. The molecule has 0 aliphatic rings. The normalized spacial score (nSPS) is 11.1. The zero-order chi connectivity index (χ0) is 32.1. The zero-order valence-corrected chi connectivity index (χ0v) is 28.1. The number of para-hydroxylation sites is 2. The van der Waals surface area contributed by atoms with Crippen LogP contribution in [-0.2, 0) is 16.5 Å². The van der Waals surface area contributed by atoms with Crippen LogP contribution in [0, 0.1) is 27.7 Å². The summed E-state index contributed by atoms with van der Waals surface area (Å²) in [4.78, 5) is 8.79. The van der Waals surface area contributed by atoms with Crippen molar-refractivity contribution in [2.24, 2.45) is 0 Å². The van der Waals surface area contributed by atoms with E-state index >= 15 is 0 Å². The number of hydrogen-bond donors (Lipinski definition) is 0. The van der Waals surface area contributed by atoms with Gasteiger partial charge in [-0.2, -0.15) is 0 Å². The van der Waals surface area contributed by atoms with Crippen molar-refractivity contribution in [1.29, 1.82) is 0 Å². The third-order valence-electron chi connectivity index (χ3n) is 7.43. The van der Waals surface area contributed by atoms with Gasteiger partial charge in [0, 0.05) is 12.4 Å². The smallest absolute Gasteiger partial charge is 0.657 e. The van der Waals surface area contributed by atoms with E-state index in [0.717, 1.165) is 45.3 Å². The SMILES string of the molecule is Cc1cccc(C)c1[N-]/C(=C\c1ccccn1)c1ccccc1.Cc1cccc(C)c1[N-]/C(=C\c1ccccn1)c1ccccc1.[Ni+2]. The monoisotopic (exact) mass is 656 g/mol. The maximum absolute atomic E-state index is 4.94. The average Bonchev–Trinajstić information content (AvgIpc) is 3.09. The topological polar surface area (TPSA) is 54.0 Å². The van der Waals surface area contributed by atoms with Crippen LogP contribution in [0.4, 0.5) is 11.4 Å². The first kappa shape index (κ1) is 34.6. The van der Waals surface area contributed by atoms with Gasteiger partial charge in [-0.05, 0) is 63.1 Å². The van der Waals surface area contributed by atoms with Gasteiger partial charge < -0.3 is 10.6 Å². The van der Waals surface area contributed by atoms with Crippen LogP contribution in [0.2, 0.25) is 0 Å². The molecule has 0 aliphatic carbocycles. The number of nitrogens with zero attached hydrogens (tertiary/aromatic N) is 4. The maximum Gasteiger partial charge on any atom is 2.00 e. The van der Waals surface area contributed by atoms with E-state index in [9.17, 15) is 0 Å². The minimum absolute atomic E-state index is 0. The van der Waals surface area contributed by atoms with Gasteiger partial charge in [0.25, 0.3) is 0 Å². The molecule has 6 aromatic rings. The molecule has 0 saturated heterocycles. The summed E-state index contributed by atoms with van der Waals surface area (Å²) in [5.41, 5.74) is 12.6. The van der Waals surface area contributed by atoms with Crippen LogP contribution in [0.1, 0.15) is 44.8 Å². The molecule has 2 heterocycles. The summed E-state index contributed by atoms with van der Waals surface area (Å²) in [5, 5.41) is 9.89. The second-order valence-corrected chi connectivity index (χ2v) is 11.0. The molecule has 236 valence electrons. The zero-order valence-electron chi connectivity index (χ0n) is 27.1. The molecule has 0 spiro atoms. The largest absolute Gasteiger partial charge is 2.00 e. The molecule has 5 heteroatoms. The molecular formula is C42H38N4Ni. The molecule has 0 radical (unpaired) electrons. The molecule has 0 bridgehead atoms. The molecule has 2 aromatic heterocycles. The van der Waals surface area contributed by atoms with Gasteiger partial charge in [-0.1, -0.05) is 144 Å². The second kappa shape index (κ2) is 17.4. The molecule has 0 fully saturated rings. The van der Waals surface area contributed by atoms with Crippen LogP contribution in [0.5, 0.6) is 0 Å². The number of aryl methyl sites for hydroxylation is 4. The Morgan fingerprint density at radius 1 is 0.426 bits per heavy atom. The predicted octanol–water partition coefficient (Wildman–Crippen LogP) is 11.8. The predicted molar refractivity (Wildman–Crippen MR) is 195 cm³/mol. The Kier molecular flexibility index (Phi) is 12.9. The van der Waals surface area contributed by atoms with E-state index in [2.05, 4.69) is 98.3 Å². The van der Waals surface area contributed by atoms with Crippen molar-refractivity contribution in [1.82, 2.24) is 9.97 Å². The summed E-state index contributed by atoms with van der Waals surface area (Å²) in [6.45, 7) is 8.37. The Hall–Kier alpha value is -5.25. The molecule has 0 unspecified atom stereocenters. The Labute approximate surface area is 289 Å². The third-order valence-corrected chi connectivity index (χ3v) is 7.43. The van der Waals surface area contributed by atoms with Gasteiger partial charge >= 0.3 is 16.5 Å². The van der Waals surface area contributed by atoms with Gasteiger partial charge in [0.2, 0.25) is 0 Å². The fourth-order valence-corrected chi connectivity index (χ4v) is 4.99. The minimum Gasteiger partial charge on any atom is -0.657 e. The van der Waals surface area contributed by atoms with E-state index in [0.29, 0.717) is 0 Å². The van der Waals surface area contributed by atoms with E-state index < -0.39 is 0 Å². The van der Waals surface area contributed by atoms with Crippen LogP contribution >= 0.6 is 0 Å². The molecule has 0 aliphatic heterocycles. The maximum atomic E-state index is 4.94. The van der Waals surface area contributed by atoms with Crippen molar-refractivity contribution in [3.05, 3.63) is 201 Å². The van der Waals surface area contributed by atoms with E-state index in [1.54, 1.807) is 12.4 Å². The van der Waals surface area contributed by atoms with Gasteiger partial charge in [0.15, 0.2) is 0 Å². The Morgan fingerprint density at radius 2 is 0.766 bits per heavy atom. The van der Waals surface area contributed by atoms with Crippen LogP contribution in [0.3, 0.4) is 0 Å². The van der Waals surface area contributed by atoms with Crippen molar-refractivity contribution < 1.29 is 16.5 Å². The van der Waals surface area contributed by atoms with Gasteiger partial charge in [-0.15, -0.1) is 22.8 Å². The number of hydrogen-bond acceptors (Lipinski definition) is 2. The number of pyridine rings is 2. The Morgan fingerprint density at radius 3 is 1.09 bits per heavy atom. The molecule has 0 N–H and O–H groups in total. The van der Waals surface area contributed by atoms with Crippen molar-refractivity contribution in [2.75, 3.05) is 0 Å². The molecule has 0 atom stereocenters. The summed E-state index contributed by atoms with van der Waals surface area (Å²) in [7, 11) is 0. The summed E-state index contributed by atoms with van der Waals surface area (Å²) < 4.78 is 0. The molecule has 6 rings (SSSR count). The van der Waals surface area contributed by atoms with Crippen LogP contribution < -0.4 is 0 Å². The van der Waals surface area contributed by atoms with Crippen molar-refractivity contribution in [3.8, 4) is 0 Å². The Bertz CT molecular complexity index is 1720. The average molecular weight is 657 g/mol. The summed E-state index contributed by atoms with van der Waals surface area (Å²) >= 11 is 0. The first-order valence-electron chi connectivity index (χ1n) is 15.4. The fraction of sp³-hybridized carbons (Fsp3) is 0.0952. The van der Waals surface area contributed by atoms with E-state index in [1.165, 1.54) is 22.3 Å². The van der Waals surface area contributed by atoms with Crippen molar-refractivity contribution in [3.63, 3.8) is 0 Å². The molecular weight excluding hydrogens is 619 g/mol. The van der Waals surface area contributed by atoms with Gasteiger partial charge in [-0.3, -0.25) is 9.97 Å². The Balaban J connectivity index is 0.000000208. The van der Waals surface area contributed by atoms with E-state index in [1.807, 2.05) is 84.9 Å². The second-order valence-electron chi connectivity index (χ2n) is 11.0. The third kappa shape index (κ3) is 9.87. The fourth-order valence-electron chi connectivity index (χ4n) is 4.99. The molecule has 0 amide bonds. The summed E-state index contributed by atoms with van der Waals surface area (Å²) in [5.74, 6) is 0. The van der Waals surface area contributed by atoms with E-state index in [4.69, 9.17) is 10.6 Å². The first-order valence-corrected chi connectivity index (χ1v) is 15.4. The number of rotatable bonds is 8. The van der Waals surface area contributed by atoms with Crippen molar-refractivity contribution in [2.45, 2.75) is 27.7 Å². The summed E-state index contributed by atoms with van der Waals surface area (Å²) in [6.07, 6.45) is 7.66. The van der Waals surface area contributed by atoms with Gasteiger partial charge in [0.1, 0.15) is 0 Å². The quantitative estimate of drug-likeness (QED) is 0.153. The van der Waals surface area contributed by atoms with Crippen LogP contribution in [0.25, 0.3) is 34.2 Å². The van der Waals surface area contributed by atoms with Crippen LogP contribution in [0.15, 0.2) is 146 Å². The first-order chi connectivity index (χ1) is 22.5. The molecule has 4 nitrogen and oxygen atoms in total. The van der Waals surface area contributed by atoms with Gasteiger partial charge in [0.05, 0.1) is 11.4 Å². The summed E-state index contributed by atoms with van der Waals surface area (Å²) in [6, 6.07) is 44.7. The minimum atomic E-state index is 0. The van der Waals surface area contributed by atoms with E-state index in [-0.39, 0.29) is 16.5 Å². The molecule has 47 heavy (non-hydrogen) atoms. The van der Waals surface area contributed by atoms with Crippen molar-refractivity contribution >= 4 is 34.9 Å². The van der Waals surface area contributed by atoms with Crippen LogP contribution in [-0.4, -0.2) is 9.97 Å². The molecule has 4 aromatic carbocycles. The number of benzene rings is 4.